The molecule has 118 valence electrons. The second-order valence-corrected chi connectivity index (χ2v) is 6.67. The second kappa shape index (κ2) is 6.74. The van der Waals surface area contributed by atoms with Gasteiger partial charge < -0.3 is 5.11 Å². The van der Waals surface area contributed by atoms with Gasteiger partial charge >= 0.3 is 0 Å². The minimum atomic E-state index is -0.375. The smallest absolute Gasteiger partial charge is 0.282 e. The summed E-state index contributed by atoms with van der Waals surface area (Å²) in [6.45, 7) is 0.268. The van der Waals surface area contributed by atoms with Crippen LogP contribution in [0.4, 0.5) is 0 Å². The number of aromatic amines is 1. The summed E-state index contributed by atoms with van der Waals surface area (Å²) in [6, 6.07) is 14.4. The summed E-state index contributed by atoms with van der Waals surface area (Å²) in [5.41, 5.74) is 0.421. The fraction of sp³-hybridized carbons (Fsp3) is 0.0625. The average Bonchev–Trinajstić information content (AvgIpc) is 2.79. The molecule has 1 aromatic heterocycles. The molecule has 4 nitrogen and oxygen atoms in total. The molecular weight excluding hydrogens is 355 g/mol. The van der Waals surface area contributed by atoms with E-state index in [1.165, 1.54) is 4.68 Å². The quantitative estimate of drug-likeness (QED) is 0.719. The molecule has 0 spiro atoms. The number of rotatable bonds is 4. The summed E-state index contributed by atoms with van der Waals surface area (Å²) in [6.07, 6.45) is 0. The molecule has 0 aliphatic rings. The highest BCUT2D eigenvalue weighted by Gasteiger charge is 2.17. The van der Waals surface area contributed by atoms with E-state index in [1.807, 2.05) is 24.3 Å². The predicted molar refractivity (Wildman–Crippen MR) is 92.8 cm³/mol. The number of nitrogens with one attached hydrogen (secondary N) is 1. The largest absolute Gasteiger partial charge is 0.493 e. The average molecular weight is 367 g/mol. The summed E-state index contributed by atoms with van der Waals surface area (Å²) in [5.74, 6) is -0.139. The first kappa shape index (κ1) is 16.1. The Hall–Kier alpha value is -1.82. The lowest BCUT2D eigenvalue weighted by Gasteiger charge is -2.07. The third-order valence-electron chi connectivity index (χ3n) is 3.24. The number of hydrogen-bond donors (Lipinski definition) is 2. The zero-order valence-corrected chi connectivity index (χ0v) is 14.1. The Bertz CT molecular complexity index is 905. The molecule has 0 saturated carbocycles. The molecule has 0 fully saturated rings. The molecule has 0 radical (unpaired) electrons. The summed E-state index contributed by atoms with van der Waals surface area (Å²) >= 11 is 13.3. The van der Waals surface area contributed by atoms with Gasteiger partial charge in [0.25, 0.3) is 5.56 Å². The minimum absolute atomic E-state index is 0.139. The highest BCUT2D eigenvalue weighted by atomic mass is 35.5. The maximum atomic E-state index is 12.1. The molecule has 23 heavy (non-hydrogen) atoms. The Kier molecular flexibility index (Phi) is 4.71. The molecule has 0 bridgehead atoms. The van der Waals surface area contributed by atoms with Crippen LogP contribution in [0.15, 0.2) is 63.1 Å². The number of hydrogen-bond acceptors (Lipinski definition) is 3. The Morgan fingerprint density at radius 3 is 2.39 bits per heavy atom. The van der Waals surface area contributed by atoms with Crippen LogP contribution in [-0.4, -0.2) is 14.9 Å². The van der Waals surface area contributed by atoms with Crippen LogP contribution in [0, 0.1) is 0 Å². The van der Waals surface area contributed by atoms with Gasteiger partial charge in [-0.05, 0) is 23.8 Å². The van der Waals surface area contributed by atoms with Gasteiger partial charge in [0, 0.05) is 9.92 Å². The number of aromatic hydroxyl groups is 1. The van der Waals surface area contributed by atoms with Crippen LogP contribution < -0.4 is 5.56 Å². The molecule has 7 heteroatoms. The zero-order chi connectivity index (χ0) is 16.4. The molecular formula is C16H12Cl2N2O2S. The van der Waals surface area contributed by atoms with Crippen molar-refractivity contribution >= 4 is 35.0 Å². The van der Waals surface area contributed by atoms with Gasteiger partial charge in [-0.3, -0.25) is 9.89 Å². The highest BCUT2D eigenvalue weighted by molar-refractivity contribution is 7.99. The molecule has 0 aliphatic carbocycles. The van der Waals surface area contributed by atoms with Gasteiger partial charge in [0.2, 0.25) is 5.88 Å². The SMILES string of the molecule is O=c1[nH]n(Cc2ccccc2Cl)c(O)c1Sc1ccccc1Cl. The number of benzene rings is 2. The van der Waals surface area contributed by atoms with E-state index in [-0.39, 0.29) is 22.9 Å². The Morgan fingerprint density at radius 2 is 1.70 bits per heavy atom. The van der Waals surface area contributed by atoms with E-state index in [0.717, 1.165) is 17.3 Å². The first-order valence-corrected chi connectivity index (χ1v) is 8.31. The molecule has 0 unspecified atom stereocenters. The van der Waals surface area contributed by atoms with Crippen molar-refractivity contribution in [1.82, 2.24) is 9.78 Å². The zero-order valence-electron chi connectivity index (χ0n) is 11.8. The summed E-state index contributed by atoms with van der Waals surface area (Å²) < 4.78 is 1.36. The maximum absolute atomic E-state index is 12.1. The van der Waals surface area contributed by atoms with Crippen molar-refractivity contribution in [3.05, 3.63) is 74.5 Å². The fourth-order valence-corrected chi connectivity index (χ4v) is 3.41. The van der Waals surface area contributed by atoms with E-state index in [9.17, 15) is 9.90 Å². The maximum Gasteiger partial charge on any atom is 0.282 e. The van der Waals surface area contributed by atoms with E-state index in [2.05, 4.69) is 5.10 Å². The fourth-order valence-electron chi connectivity index (χ4n) is 2.09. The molecule has 3 aromatic rings. The Morgan fingerprint density at radius 1 is 1.04 bits per heavy atom. The van der Waals surface area contributed by atoms with E-state index in [0.29, 0.717) is 14.9 Å². The van der Waals surface area contributed by atoms with Crippen LogP contribution in [-0.2, 0) is 6.54 Å². The summed E-state index contributed by atoms with van der Waals surface area (Å²) in [4.78, 5) is 13.0. The molecule has 2 aromatic carbocycles. The van der Waals surface area contributed by atoms with Crippen LogP contribution in [0.3, 0.4) is 0 Å². The molecule has 0 atom stereocenters. The third kappa shape index (κ3) is 3.42. The van der Waals surface area contributed by atoms with Gasteiger partial charge in [-0.25, -0.2) is 4.68 Å². The molecule has 0 aliphatic heterocycles. The van der Waals surface area contributed by atoms with Gasteiger partial charge in [-0.1, -0.05) is 65.3 Å². The molecule has 3 rings (SSSR count). The standard InChI is InChI=1S/C16H12Cl2N2O2S/c17-11-6-2-1-5-10(11)9-20-16(22)14(15(21)19-20)23-13-8-4-3-7-12(13)18/h1-8,22H,9H2,(H,19,21). The Balaban J connectivity index is 1.93. The van der Waals surface area contributed by atoms with Crippen molar-refractivity contribution in [2.24, 2.45) is 0 Å². The summed E-state index contributed by atoms with van der Waals surface area (Å²) in [5, 5.41) is 14.1. The normalized spacial score (nSPS) is 10.9. The van der Waals surface area contributed by atoms with E-state index >= 15 is 0 Å². The van der Waals surface area contributed by atoms with Crippen LogP contribution >= 0.6 is 35.0 Å². The van der Waals surface area contributed by atoms with Crippen molar-refractivity contribution in [3.63, 3.8) is 0 Å². The van der Waals surface area contributed by atoms with E-state index < -0.39 is 0 Å². The minimum Gasteiger partial charge on any atom is -0.493 e. The van der Waals surface area contributed by atoms with Crippen molar-refractivity contribution < 1.29 is 5.11 Å². The third-order valence-corrected chi connectivity index (χ3v) is 5.19. The first-order valence-electron chi connectivity index (χ1n) is 6.74. The van der Waals surface area contributed by atoms with Crippen LogP contribution in [0.1, 0.15) is 5.56 Å². The lowest BCUT2D eigenvalue weighted by Crippen LogP contribution is -2.07. The van der Waals surface area contributed by atoms with Crippen LogP contribution in [0.5, 0.6) is 5.88 Å². The summed E-state index contributed by atoms with van der Waals surface area (Å²) in [7, 11) is 0. The van der Waals surface area contributed by atoms with Gasteiger partial charge in [-0.2, -0.15) is 0 Å². The van der Waals surface area contributed by atoms with E-state index in [4.69, 9.17) is 23.2 Å². The molecule has 2 N–H and O–H groups in total. The predicted octanol–water partition coefficient (Wildman–Crippen LogP) is 4.39. The van der Waals surface area contributed by atoms with Gasteiger partial charge in [-0.15, -0.1) is 0 Å². The molecule has 1 heterocycles. The Labute approximate surface area is 146 Å². The van der Waals surface area contributed by atoms with Crippen LogP contribution in [0.2, 0.25) is 10.0 Å². The van der Waals surface area contributed by atoms with Gasteiger partial charge in [0.1, 0.15) is 4.90 Å². The van der Waals surface area contributed by atoms with Crippen LogP contribution in [0.25, 0.3) is 0 Å². The first-order chi connectivity index (χ1) is 11.1. The van der Waals surface area contributed by atoms with Gasteiger partial charge in [0.05, 0.1) is 11.6 Å². The van der Waals surface area contributed by atoms with Crippen molar-refractivity contribution in [2.75, 3.05) is 0 Å². The van der Waals surface area contributed by atoms with Crippen molar-refractivity contribution in [1.29, 1.82) is 0 Å². The van der Waals surface area contributed by atoms with Crippen molar-refractivity contribution in [3.8, 4) is 5.88 Å². The highest BCUT2D eigenvalue weighted by Crippen LogP contribution is 2.35. The number of H-pyrrole nitrogens is 1. The number of aromatic nitrogens is 2. The molecule has 0 saturated heterocycles. The molecule has 0 amide bonds. The van der Waals surface area contributed by atoms with Crippen molar-refractivity contribution in [2.45, 2.75) is 16.3 Å². The lowest BCUT2D eigenvalue weighted by molar-refractivity contribution is 0.399. The lowest BCUT2D eigenvalue weighted by atomic mass is 10.2. The number of halogens is 2. The monoisotopic (exact) mass is 366 g/mol. The second-order valence-electron chi connectivity index (χ2n) is 4.80. The number of nitrogens with zero attached hydrogens (tertiary/aromatic N) is 1. The topological polar surface area (TPSA) is 58.0 Å². The van der Waals surface area contributed by atoms with Gasteiger partial charge in [0.15, 0.2) is 0 Å². The van der Waals surface area contributed by atoms with E-state index in [1.54, 1.807) is 24.3 Å².